The second kappa shape index (κ2) is 6.56. The zero-order valence-corrected chi connectivity index (χ0v) is 14.8. The van der Waals surface area contributed by atoms with E-state index in [1.807, 2.05) is 24.3 Å². The third kappa shape index (κ3) is 4.08. The van der Waals surface area contributed by atoms with Crippen molar-refractivity contribution < 1.29 is 9.26 Å². The van der Waals surface area contributed by atoms with Gasteiger partial charge in [-0.25, -0.2) is 4.98 Å². The van der Waals surface area contributed by atoms with Crippen molar-refractivity contribution >= 4 is 22.4 Å². The van der Waals surface area contributed by atoms with E-state index in [1.54, 1.807) is 6.92 Å². The van der Waals surface area contributed by atoms with E-state index in [2.05, 4.69) is 45.6 Å². The molecule has 0 radical (unpaired) electrons. The summed E-state index contributed by atoms with van der Waals surface area (Å²) in [5.74, 6) is 2.62. The maximum Gasteiger partial charge on any atom is 0.264 e. The predicted molar refractivity (Wildman–Crippen MR) is 91.7 cm³/mol. The third-order valence-electron chi connectivity index (χ3n) is 3.13. The van der Waals surface area contributed by atoms with Gasteiger partial charge in [-0.2, -0.15) is 9.36 Å². The Hall–Kier alpha value is -2.48. The highest BCUT2D eigenvalue weighted by Gasteiger charge is 2.19. The normalized spacial score (nSPS) is 11.5. The van der Waals surface area contributed by atoms with Gasteiger partial charge in [0.05, 0.1) is 0 Å². The number of aromatic nitrogens is 4. The maximum atomic E-state index is 5.61. The highest BCUT2D eigenvalue weighted by atomic mass is 32.1. The number of anilines is 2. The Morgan fingerprint density at radius 3 is 2.50 bits per heavy atom. The lowest BCUT2D eigenvalue weighted by atomic mass is 9.96. The van der Waals surface area contributed by atoms with Crippen molar-refractivity contribution in [1.29, 1.82) is 0 Å². The van der Waals surface area contributed by atoms with Crippen molar-refractivity contribution in [1.82, 2.24) is 19.5 Å². The van der Waals surface area contributed by atoms with Crippen molar-refractivity contribution in [2.24, 2.45) is 0 Å². The molecule has 0 unspecified atom stereocenters. The number of aryl methyl sites for hydroxylation is 1. The van der Waals surface area contributed by atoms with Gasteiger partial charge in [-0.1, -0.05) is 25.9 Å². The van der Waals surface area contributed by atoms with Gasteiger partial charge >= 0.3 is 0 Å². The largest absolute Gasteiger partial charge is 0.484 e. The Kier molecular flexibility index (Phi) is 4.48. The Labute approximate surface area is 144 Å². The summed E-state index contributed by atoms with van der Waals surface area (Å²) in [6.45, 7) is 8.30. The van der Waals surface area contributed by atoms with Gasteiger partial charge < -0.3 is 14.6 Å². The topological polar surface area (TPSA) is 86.0 Å². The van der Waals surface area contributed by atoms with Crippen molar-refractivity contribution in [3.8, 4) is 5.75 Å². The molecule has 0 amide bonds. The summed E-state index contributed by atoms with van der Waals surface area (Å²) in [6, 6.07) is 7.59. The fourth-order valence-corrected chi connectivity index (χ4v) is 2.66. The van der Waals surface area contributed by atoms with Crippen LogP contribution in [0.2, 0.25) is 0 Å². The first-order valence-electron chi connectivity index (χ1n) is 7.53. The molecule has 126 valence electrons. The van der Waals surface area contributed by atoms with E-state index in [4.69, 9.17) is 9.26 Å². The maximum absolute atomic E-state index is 5.61. The quantitative estimate of drug-likeness (QED) is 0.751. The van der Waals surface area contributed by atoms with E-state index < -0.39 is 0 Å². The van der Waals surface area contributed by atoms with Crippen molar-refractivity contribution in [2.45, 2.75) is 39.7 Å². The van der Waals surface area contributed by atoms with Crippen LogP contribution in [-0.2, 0) is 12.0 Å². The van der Waals surface area contributed by atoms with Crippen LogP contribution in [0.5, 0.6) is 5.75 Å². The molecule has 0 aliphatic rings. The second-order valence-electron chi connectivity index (χ2n) is 6.35. The minimum atomic E-state index is -0.0543. The third-order valence-corrected chi connectivity index (χ3v) is 3.76. The van der Waals surface area contributed by atoms with Gasteiger partial charge in [0.15, 0.2) is 12.4 Å². The lowest BCUT2D eigenvalue weighted by molar-refractivity contribution is 0.242. The molecule has 2 aromatic heterocycles. The molecule has 2 heterocycles. The van der Waals surface area contributed by atoms with E-state index in [0.717, 1.165) is 22.4 Å². The van der Waals surface area contributed by atoms with Crippen molar-refractivity contribution in [2.75, 3.05) is 5.32 Å². The number of hydrogen-bond donors (Lipinski definition) is 1. The summed E-state index contributed by atoms with van der Waals surface area (Å²) in [5, 5.41) is 7.74. The van der Waals surface area contributed by atoms with Gasteiger partial charge in [0, 0.05) is 22.6 Å². The van der Waals surface area contributed by atoms with Crippen LogP contribution in [-0.4, -0.2) is 19.5 Å². The average molecular weight is 345 g/mol. The molecule has 3 aromatic rings. The molecule has 0 bridgehead atoms. The van der Waals surface area contributed by atoms with Crippen LogP contribution in [0.3, 0.4) is 0 Å². The molecule has 0 aliphatic carbocycles. The second-order valence-corrected chi connectivity index (χ2v) is 7.10. The van der Waals surface area contributed by atoms with Gasteiger partial charge in [0.1, 0.15) is 11.6 Å². The summed E-state index contributed by atoms with van der Waals surface area (Å²) >= 11 is 1.35. The monoisotopic (exact) mass is 345 g/mol. The number of benzene rings is 1. The Balaban J connectivity index is 1.59. The standard InChI is InChI=1S/C16H19N5O2S/c1-10-17-13(23-20-10)9-22-12-7-5-11(6-8-12)18-15-19-14(21-24-15)16(2,3)4/h5-8H,9H2,1-4H3,(H,18,19,21). The fraction of sp³-hybridized carbons (Fsp3) is 0.375. The lowest BCUT2D eigenvalue weighted by Crippen LogP contribution is -2.13. The smallest absolute Gasteiger partial charge is 0.264 e. The van der Waals surface area contributed by atoms with Gasteiger partial charge in [0.2, 0.25) is 5.13 Å². The van der Waals surface area contributed by atoms with Crippen LogP contribution in [0.1, 0.15) is 38.3 Å². The van der Waals surface area contributed by atoms with Gasteiger partial charge in [-0.15, -0.1) is 0 Å². The zero-order valence-electron chi connectivity index (χ0n) is 14.0. The van der Waals surface area contributed by atoms with Crippen molar-refractivity contribution in [3.05, 3.63) is 41.8 Å². The molecule has 0 spiro atoms. The highest BCUT2D eigenvalue weighted by molar-refractivity contribution is 7.09. The molecule has 0 aliphatic heterocycles. The molecular formula is C16H19N5O2S. The SMILES string of the molecule is Cc1noc(COc2ccc(Nc3nc(C(C)(C)C)ns3)cc2)n1. The number of ether oxygens (including phenoxy) is 1. The van der Waals surface area contributed by atoms with Gasteiger partial charge in [-0.3, -0.25) is 0 Å². The first-order chi connectivity index (χ1) is 11.4. The van der Waals surface area contributed by atoms with Crippen LogP contribution in [0.25, 0.3) is 0 Å². The summed E-state index contributed by atoms with van der Waals surface area (Å²) in [6.07, 6.45) is 0. The Morgan fingerprint density at radius 1 is 1.17 bits per heavy atom. The summed E-state index contributed by atoms with van der Waals surface area (Å²) < 4.78 is 15.0. The first kappa shape index (κ1) is 16.4. The Morgan fingerprint density at radius 2 is 1.92 bits per heavy atom. The van der Waals surface area contributed by atoms with E-state index in [9.17, 15) is 0 Å². The minimum absolute atomic E-state index is 0.0543. The lowest BCUT2D eigenvalue weighted by Gasteiger charge is -2.12. The first-order valence-corrected chi connectivity index (χ1v) is 8.31. The minimum Gasteiger partial charge on any atom is -0.484 e. The molecule has 0 atom stereocenters. The van der Waals surface area contributed by atoms with E-state index >= 15 is 0 Å². The van der Waals surface area contributed by atoms with Gasteiger partial charge in [0.25, 0.3) is 5.89 Å². The van der Waals surface area contributed by atoms with Crippen LogP contribution in [0.4, 0.5) is 10.8 Å². The molecule has 0 fully saturated rings. The Bertz CT molecular complexity index is 804. The molecule has 24 heavy (non-hydrogen) atoms. The molecule has 3 rings (SSSR count). The molecule has 0 saturated carbocycles. The van der Waals surface area contributed by atoms with Gasteiger partial charge in [-0.05, 0) is 31.2 Å². The number of rotatable bonds is 5. The van der Waals surface area contributed by atoms with E-state index in [0.29, 0.717) is 11.7 Å². The molecule has 1 N–H and O–H groups in total. The van der Waals surface area contributed by atoms with Crippen LogP contribution >= 0.6 is 11.5 Å². The zero-order chi connectivity index (χ0) is 17.2. The van der Waals surface area contributed by atoms with Crippen LogP contribution < -0.4 is 10.1 Å². The summed E-state index contributed by atoms with van der Waals surface area (Å²) in [7, 11) is 0. The number of nitrogens with one attached hydrogen (secondary N) is 1. The summed E-state index contributed by atoms with van der Waals surface area (Å²) in [5.41, 5.74) is 0.869. The average Bonchev–Trinajstić information content (AvgIpc) is 3.15. The predicted octanol–water partition coefficient (Wildman–Crippen LogP) is 3.85. The number of nitrogens with zero attached hydrogens (tertiary/aromatic N) is 4. The summed E-state index contributed by atoms with van der Waals surface area (Å²) in [4.78, 5) is 8.61. The molecule has 8 heteroatoms. The van der Waals surface area contributed by atoms with Crippen LogP contribution in [0, 0.1) is 6.92 Å². The molecule has 0 saturated heterocycles. The van der Waals surface area contributed by atoms with Crippen molar-refractivity contribution in [3.63, 3.8) is 0 Å². The number of hydrogen-bond acceptors (Lipinski definition) is 8. The fourth-order valence-electron chi connectivity index (χ4n) is 1.88. The highest BCUT2D eigenvalue weighted by Crippen LogP contribution is 2.26. The van der Waals surface area contributed by atoms with E-state index in [-0.39, 0.29) is 12.0 Å². The molecule has 1 aromatic carbocycles. The van der Waals surface area contributed by atoms with Crippen LogP contribution in [0.15, 0.2) is 28.8 Å². The van der Waals surface area contributed by atoms with E-state index in [1.165, 1.54) is 11.5 Å². The molecule has 7 nitrogen and oxygen atoms in total. The molecular weight excluding hydrogens is 326 g/mol.